The Kier molecular flexibility index (Phi) is 18.6. The molecule has 3 N–H and O–H groups in total. The fourth-order valence-corrected chi connectivity index (χ4v) is 4.70. The molecule has 1 aromatic heterocycles. The molecule has 40 heavy (non-hydrogen) atoms. The Labute approximate surface area is 242 Å². The van der Waals surface area contributed by atoms with Gasteiger partial charge in [0.05, 0.1) is 12.2 Å². The second kappa shape index (κ2) is 22.5. The number of pyridine rings is 1. The van der Waals surface area contributed by atoms with Crippen LogP contribution in [0.1, 0.15) is 121 Å². The maximum atomic E-state index is 12.2. The fourth-order valence-electron chi connectivity index (χ4n) is 4.70. The summed E-state index contributed by atoms with van der Waals surface area (Å²) in [6.07, 6.45) is 23.0. The molecule has 1 heterocycles. The number of nitrogens with one attached hydrogen (secondary N) is 3. The third kappa shape index (κ3) is 16.0. The van der Waals surface area contributed by atoms with Crippen molar-refractivity contribution in [2.45, 2.75) is 116 Å². The SMILES string of the molecule is CCCCCCCCCCCCCCCCCc1cc(C#N)cnc1NNC(=O)NCCCOc1ccccc1. The average Bonchev–Trinajstić information content (AvgIpc) is 2.98. The van der Waals surface area contributed by atoms with Crippen LogP contribution in [0.4, 0.5) is 10.6 Å². The van der Waals surface area contributed by atoms with Crippen LogP contribution >= 0.6 is 0 Å². The van der Waals surface area contributed by atoms with Gasteiger partial charge in [-0.15, -0.1) is 0 Å². The number of nitriles is 1. The third-order valence-electron chi connectivity index (χ3n) is 7.06. The summed E-state index contributed by atoms with van der Waals surface area (Å²) in [7, 11) is 0. The van der Waals surface area contributed by atoms with Gasteiger partial charge in [0, 0.05) is 12.7 Å². The first-order valence-corrected chi connectivity index (χ1v) is 15.6. The molecule has 1 aromatic carbocycles. The van der Waals surface area contributed by atoms with E-state index in [1.165, 1.54) is 89.7 Å². The van der Waals surface area contributed by atoms with Gasteiger partial charge in [0.2, 0.25) is 0 Å². The van der Waals surface area contributed by atoms with Gasteiger partial charge in [-0.1, -0.05) is 115 Å². The minimum absolute atomic E-state index is 0.330. The highest BCUT2D eigenvalue weighted by Crippen LogP contribution is 2.18. The maximum Gasteiger partial charge on any atom is 0.333 e. The molecule has 0 aliphatic heterocycles. The molecule has 0 spiro atoms. The average molecular weight is 550 g/mol. The van der Waals surface area contributed by atoms with Crippen LogP contribution in [-0.4, -0.2) is 24.2 Å². The first-order chi connectivity index (χ1) is 19.7. The topological polar surface area (TPSA) is 99.1 Å². The van der Waals surface area contributed by atoms with Gasteiger partial charge in [-0.25, -0.2) is 9.78 Å². The van der Waals surface area contributed by atoms with Crippen molar-refractivity contribution in [3.63, 3.8) is 0 Å². The molecule has 2 aromatic rings. The second-order valence-corrected chi connectivity index (χ2v) is 10.6. The smallest absolute Gasteiger partial charge is 0.333 e. The second-order valence-electron chi connectivity index (χ2n) is 10.6. The standard InChI is InChI=1S/C33H51N5O2/c1-2-3-4-5-6-7-8-9-10-11-12-13-14-15-17-21-30-26-29(27-34)28-36-32(30)37-38-33(39)35-24-20-25-40-31-22-18-16-19-23-31/h16,18-19,22-23,26,28H,2-15,17,20-21,24-25H2,1H3,(H,36,37)(H2,35,38,39). The van der Waals surface area contributed by atoms with E-state index in [0.29, 0.717) is 31.0 Å². The van der Waals surface area contributed by atoms with Gasteiger partial charge in [-0.3, -0.25) is 10.9 Å². The van der Waals surface area contributed by atoms with E-state index in [1.54, 1.807) is 0 Å². The van der Waals surface area contributed by atoms with Crippen LogP contribution < -0.4 is 20.9 Å². The number of ether oxygens (including phenoxy) is 1. The number of benzene rings is 1. The summed E-state index contributed by atoms with van der Waals surface area (Å²) in [6.45, 7) is 3.29. The van der Waals surface area contributed by atoms with E-state index in [2.05, 4.69) is 34.1 Å². The zero-order valence-corrected chi connectivity index (χ0v) is 24.7. The van der Waals surface area contributed by atoms with Crippen molar-refractivity contribution in [2.75, 3.05) is 18.6 Å². The Balaban J connectivity index is 1.53. The van der Waals surface area contributed by atoms with E-state index in [0.717, 1.165) is 30.6 Å². The number of aryl methyl sites for hydroxylation is 1. The van der Waals surface area contributed by atoms with Crippen LogP contribution in [0.2, 0.25) is 0 Å². The van der Waals surface area contributed by atoms with E-state index in [9.17, 15) is 10.1 Å². The summed E-state index contributed by atoms with van der Waals surface area (Å²) in [5.41, 5.74) is 7.05. The van der Waals surface area contributed by atoms with E-state index in [1.807, 2.05) is 36.4 Å². The first-order valence-electron chi connectivity index (χ1n) is 15.6. The zero-order chi connectivity index (χ0) is 28.5. The Morgan fingerprint density at radius 2 is 1.45 bits per heavy atom. The normalized spacial score (nSPS) is 10.6. The van der Waals surface area contributed by atoms with Crippen LogP contribution in [0.3, 0.4) is 0 Å². The lowest BCUT2D eigenvalue weighted by molar-refractivity contribution is 0.241. The highest BCUT2D eigenvalue weighted by molar-refractivity contribution is 5.75. The molecule has 7 nitrogen and oxygen atoms in total. The highest BCUT2D eigenvalue weighted by atomic mass is 16.5. The summed E-state index contributed by atoms with van der Waals surface area (Å²) in [5, 5.41) is 12.1. The number of hydrazine groups is 1. The predicted octanol–water partition coefficient (Wildman–Crippen LogP) is 8.46. The third-order valence-corrected chi connectivity index (χ3v) is 7.06. The molecule has 220 valence electrons. The minimum atomic E-state index is -0.330. The summed E-state index contributed by atoms with van der Waals surface area (Å²) in [4.78, 5) is 16.5. The lowest BCUT2D eigenvalue weighted by Crippen LogP contribution is -2.40. The molecule has 0 fully saturated rings. The van der Waals surface area contributed by atoms with Crippen LogP contribution in [0.25, 0.3) is 0 Å². The molecule has 0 bridgehead atoms. The monoisotopic (exact) mass is 549 g/mol. The van der Waals surface area contributed by atoms with Crippen LogP contribution in [-0.2, 0) is 6.42 Å². The number of rotatable bonds is 23. The summed E-state index contributed by atoms with van der Waals surface area (Å²) in [6, 6.07) is 13.3. The summed E-state index contributed by atoms with van der Waals surface area (Å²) >= 11 is 0. The van der Waals surface area contributed by atoms with Gasteiger partial charge < -0.3 is 10.1 Å². The van der Waals surface area contributed by atoms with Crippen LogP contribution in [0, 0.1) is 11.3 Å². The number of aromatic nitrogens is 1. The molecule has 2 rings (SSSR count). The number of anilines is 1. The molecular formula is C33H51N5O2. The number of hydrogen-bond donors (Lipinski definition) is 3. The van der Waals surface area contributed by atoms with Crippen molar-refractivity contribution in [3.8, 4) is 11.8 Å². The first kappa shape index (κ1) is 32.9. The molecule has 0 saturated heterocycles. The van der Waals surface area contributed by atoms with Crippen molar-refractivity contribution in [1.29, 1.82) is 5.26 Å². The van der Waals surface area contributed by atoms with Crippen LogP contribution in [0.5, 0.6) is 5.75 Å². The predicted molar refractivity (Wildman–Crippen MR) is 164 cm³/mol. The van der Waals surface area contributed by atoms with E-state index >= 15 is 0 Å². The Hall–Kier alpha value is -3.27. The van der Waals surface area contributed by atoms with Gasteiger partial charge in [0.15, 0.2) is 0 Å². The molecule has 0 aliphatic rings. The molecule has 2 amide bonds. The Bertz CT molecular complexity index is 961. The van der Waals surface area contributed by atoms with Gasteiger partial charge in [0.25, 0.3) is 0 Å². The molecular weight excluding hydrogens is 498 g/mol. The molecule has 0 radical (unpaired) electrons. The van der Waals surface area contributed by atoms with Gasteiger partial charge in [0.1, 0.15) is 17.6 Å². The number of para-hydroxylation sites is 1. The summed E-state index contributed by atoms with van der Waals surface area (Å²) < 4.78 is 5.64. The Morgan fingerprint density at radius 1 is 0.850 bits per heavy atom. The van der Waals surface area contributed by atoms with Gasteiger partial charge >= 0.3 is 6.03 Å². The molecule has 0 unspecified atom stereocenters. The van der Waals surface area contributed by atoms with E-state index in [4.69, 9.17) is 4.74 Å². The number of nitrogens with zero attached hydrogens (tertiary/aromatic N) is 2. The van der Waals surface area contributed by atoms with Crippen molar-refractivity contribution >= 4 is 11.8 Å². The zero-order valence-electron chi connectivity index (χ0n) is 24.7. The fraction of sp³-hybridized carbons (Fsp3) is 0.606. The number of amides is 2. The quantitative estimate of drug-likeness (QED) is 0.0954. The molecule has 0 aliphatic carbocycles. The highest BCUT2D eigenvalue weighted by Gasteiger charge is 2.08. The number of urea groups is 1. The number of carbonyl (C=O) groups is 1. The number of unbranched alkanes of at least 4 members (excludes halogenated alkanes) is 14. The van der Waals surface area contributed by atoms with E-state index < -0.39 is 0 Å². The van der Waals surface area contributed by atoms with E-state index in [-0.39, 0.29) is 6.03 Å². The Morgan fingerprint density at radius 3 is 2.05 bits per heavy atom. The van der Waals surface area contributed by atoms with Crippen LogP contribution in [0.15, 0.2) is 42.6 Å². The van der Waals surface area contributed by atoms with Crippen molar-refractivity contribution in [1.82, 2.24) is 15.7 Å². The van der Waals surface area contributed by atoms with Gasteiger partial charge in [-0.05, 0) is 43.0 Å². The largest absolute Gasteiger partial charge is 0.494 e. The molecule has 7 heteroatoms. The minimum Gasteiger partial charge on any atom is -0.494 e. The number of carbonyl (C=O) groups excluding carboxylic acids is 1. The lowest BCUT2D eigenvalue weighted by Gasteiger charge is -2.13. The summed E-state index contributed by atoms with van der Waals surface area (Å²) in [5.74, 6) is 1.41. The van der Waals surface area contributed by atoms with Crippen molar-refractivity contribution < 1.29 is 9.53 Å². The van der Waals surface area contributed by atoms with Gasteiger partial charge in [-0.2, -0.15) is 5.26 Å². The maximum absolute atomic E-state index is 12.2. The van der Waals surface area contributed by atoms with Crippen molar-refractivity contribution in [2.24, 2.45) is 0 Å². The number of hydrogen-bond acceptors (Lipinski definition) is 5. The molecule has 0 saturated carbocycles. The molecule has 0 atom stereocenters. The lowest BCUT2D eigenvalue weighted by atomic mass is 10.0. The van der Waals surface area contributed by atoms with Crippen molar-refractivity contribution in [3.05, 3.63) is 53.7 Å².